The summed E-state index contributed by atoms with van der Waals surface area (Å²) in [7, 11) is 0. The lowest BCUT2D eigenvalue weighted by Crippen LogP contribution is -2.34. The van der Waals surface area contributed by atoms with Gasteiger partial charge in [-0.1, -0.05) is 11.8 Å². The minimum Gasteiger partial charge on any atom is -0.461 e. The molecule has 1 aliphatic carbocycles. The van der Waals surface area contributed by atoms with E-state index in [1.807, 2.05) is 36.1 Å². The number of esters is 1. The van der Waals surface area contributed by atoms with Crippen LogP contribution in [0.25, 0.3) is 16.6 Å². The van der Waals surface area contributed by atoms with Crippen molar-refractivity contribution >= 4 is 23.2 Å². The highest BCUT2D eigenvalue weighted by atomic mass is 32.2. The van der Waals surface area contributed by atoms with Crippen molar-refractivity contribution in [3.63, 3.8) is 0 Å². The zero-order valence-electron chi connectivity index (χ0n) is 21.5. The summed E-state index contributed by atoms with van der Waals surface area (Å²) in [6.07, 6.45) is 8.19. The van der Waals surface area contributed by atoms with Crippen molar-refractivity contribution in [2.75, 3.05) is 0 Å². The quantitative estimate of drug-likeness (QED) is 0.339. The first-order valence-corrected chi connectivity index (χ1v) is 13.4. The molecule has 0 saturated heterocycles. The van der Waals surface area contributed by atoms with Crippen molar-refractivity contribution in [3.05, 3.63) is 65.5 Å². The molecule has 0 bridgehead atoms. The Hall–Kier alpha value is -4.19. The average molecular weight is 544 g/mol. The van der Waals surface area contributed by atoms with E-state index >= 15 is 0 Å². The van der Waals surface area contributed by atoms with Crippen LogP contribution in [0.3, 0.4) is 0 Å². The largest absolute Gasteiger partial charge is 0.461 e. The molecule has 1 aliphatic rings. The van der Waals surface area contributed by atoms with E-state index in [1.54, 1.807) is 17.5 Å². The smallest absolute Gasteiger partial charge is 0.322 e. The van der Waals surface area contributed by atoms with Crippen molar-refractivity contribution in [2.24, 2.45) is 5.73 Å². The fourth-order valence-electron chi connectivity index (χ4n) is 4.94. The number of hydrogen-bond donors (Lipinski definition) is 1. The van der Waals surface area contributed by atoms with Crippen molar-refractivity contribution in [1.82, 2.24) is 19.4 Å². The fraction of sp³-hybridized carbons (Fsp3) is 0.321. The van der Waals surface area contributed by atoms with E-state index in [0.29, 0.717) is 20.9 Å². The van der Waals surface area contributed by atoms with Crippen molar-refractivity contribution in [2.45, 2.75) is 67.5 Å². The first-order chi connectivity index (χ1) is 18.8. The summed E-state index contributed by atoms with van der Waals surface area (Å²) in [5.41, 5.74) is 9.60. The standard InChI is InChI=1S/C28H26FN7O2S/c1-16(32)28(37)38-23-6-4-22(5-7-23)36-17(2)24(14-34-36)19-10-26(27-20(12-31)13-33-35(27)15-19)39-25-8-3-21(29)9-18(25)11-30/h3,8-10,13-16,22-23H,4-7,32H2,1-2H3/t16-,22?,23?/m0/s1. The maximum absolute atomic E-state index is 13.7. The number of hydrogen-bond acceptors (Lipinski definition) is 8. The molecule has 9 nitrogen and oxygen atoms in total. The molecule has 0 aliphatic heterocycles. The van der Waals surface area contributed by atoms with Gasteiger partial charge in [0.1, 0.15) is 30.1 Å². The second-order valence-corrected chi connectivity index (χ2v) is 10.7. The third kappa shape index (κ3) is 5.24. The Morgan fingerprint density at radius 3 is 2.56 bits per heavy atom. The molecule has 2 N–H and O–H groups in total. The molecule has 1 atom stereocenters. The summed E-state index contributed by atoms with van der Waals surface area (Å²) in [5.74, 6) is -0.859. The van der Waals surface area contributed by atoms with Crippen LogP contribution in [0.1, 0.15) is 55.5 Å². The van der Waals surface area contributed by atoms with E-state index in [2.05, 4.69) is 11.2 Å². The zero-order valence-corrected chi connectivity index (χ0v) is 22.3. The number of nitrogens with zero attached hydrogens (tertiary/aromatic N) is 6. The van der Waals surface area contributed by atoms with Crippen LogP contribution in [0.4, 0.5) is 4.39 Å². The van der Waals surface area contributed by atoms with Gasteiger partial charge >= 0.3 is 5.97 Å². The molecular weight excluding hydrogens is 517 g/mol. The summed E-state index contributed by atoms with van der Waals surface area (Å²) in [4.78, 5) is 13.2. The molecule has 5 rings (SSSR count). The third-order valence-corrected chi connectivity index (χ3v) is 8.09. The van der Waals surface area contributed by atoms with Crippen LogP contribution >= 0.6 is 11.8 Å². The number of benzene rings is 1. The minimum absolute atomic E-state index is 0.129. The highest BCUT2D eigenvalue weighted by molar-refractivity contribution is 7.99. The number of fused-ring (bicyclic) bond motifs is 1. The van der Waals surface area contributed by atoms with Crippen molar-refractivity contribution in [3.8, 4) is 23.3 Å². The minimum atomic E-state index is -0.632. The SMILES string of the molecule is Cc1c(-c2cc(Sc3ccc(F)cc3C#N)c3c(C#N)cnn3c2)cnn1C1CCC(OC(=O)[C@H](C)N)CC1. The number of rotatable bonds is 6. The van der Waals surface area contributed by atoms with Gasteiger partial charge in [0.25, 0.3) is 0 Å². The van der Waals surface area contributed by atoms with Gasteiger partial charge < -0.3 is 10.5 Å². The van der Waals surface area contributed by atoms with E-state index in [0.717, 1.165) is 42.5 Å². The van der Waals surface area contributed by atoms with Crippen LogP contribution in [-0.4, -0.2) is 37.5 Å². The van der Waals surface area contributed by atoms with Crippen LogP contribution in [0.5, 0.6) is 0 Å². The lowest BCUT2D eigenvalue weighted by atomic mass is 9.92. The normalized spacial score (nSPS) is 17.9. The summed E-state index contributed by atoms with van der Waals surface area (Å²) in [6, 6.07) is 9.79. The summed E-state index contributed by atoms with van der Waals surface area (Å²) in [5, 5.41) is 28.3. The molecule has 39 heavy (non-hydrogen) atoms. The van der Waals surface area contributed by atoms with Crippen LogP contribution in [0.15, 0.2) is 52.6 Å². The lowest BCUT2D eigenvalue weighted by Gasteiger charge is -2.29. The van der Waals surface area contributed by atoms with Gasteiger partial charge in [0.15, 0.2) is 0 Å². The van der Waals surface area contributed by atoms with Gasteiger partial charge in [-0.3, -0.25) is 9.48 Å². The number of ether oxygens (including phenoxy) is 1. The number of carbonyl (C=O) groups excluding carboxylic acids is 1. The van der Waals surface area contributed by atoms with Gasteiger partial charge in [-0.25, -0.2) is 8.91 Å². The van der Waals surface area contributed by atoms with Gasteiger partial charge in [0.2, 0.25) is 0 Å². The maximum atomic E-state index is 13.7. The van der Waals surface area contributed by atoms with Gasteiger partial charge in [0.05, 0.1) is 35.1 Å². The summed E-state index contributed by atoms with van der Waals surface area (Å²) >= 11 is 1.29. The zero-order chi connectivity index (χ0) is 27.7. The first-order valence-electron chi connectivity index (χ1n) is 12.6. The molecule has 11 heteroatoms. The Morgan fingerprint density at radius 2 is 1.87 bits per heavy atom. The molecule has 1 saturated carbocycles. The molecule has 0 spiro atoms. The second kappa shape index (κ2) is 10.9. The van der Waals surface area contributed by atoms with E-state index in [9.17, 15) is 19.7 Å². The number of pyridine rings is 1. The van der Waals surface area contributed by atoms with Crippen molar-refractivity contribution < 1.29 is 13.9 Å². The average Bonchev–Trinajstić information content (AvgIpc) is 3.53. The van der Waals surface area contributed by atoms with E-state index in [4.69, 9.17) is 15.6 Å². The van der Waals surface area contributed by atoms with E-state index in [1.165, 1.54) is 30.1 Å². The highest BCUT2D eigenvalue weighted by Crippen LogP contribution is 2.39. The number of nitriles is 2. The number of carbonyl (C=O) groups is 1. The second-order valence-electron chi connectivity index (χ2n) is 9.65. The van der Waals surface area contributed by atoms with Crippen LogP contribution < -0.4 is 5.73 Å². The molecule has 1 aromatic carbocycles. The maximum Gasteiger partial charge on any atom is 0.322 e. The molecule has 0 unspecified atom stereocenters. The molecule has 4 aromatic rings. The predicted octanol–water partition coefficient (Wildman–Crippen LogP) is 4.91. The molecule has 0 radical (unpaired) electrons. The highest BCUT2D eigenvalue weighted by Gasteiger charge is 2.28. The van der Waals surface area contributed by atoms with Gasteiger partial charge in [-0.15, -0.1) is 0 Å². The summed E-state index contributed by atoms with van der Waals surface area (Å²) in [6.45, 7) is 3.63. The summed E-state index contributed by atoms with van der Waals surface area (Å²) < 4.78 is 22.9. The number of aromatic nitrogens is 4. The molecule has 0 amide bonds. The molecule has 1 fully saturated rings. The van der Waals surface area contributed by atoms with Gasteiger partial charge in [-0.05, 0) is 63.8 Å². The van der Waals surface area contributed by atoms with Crippen LogP contribution in [0.2, 0.25) is 0 Å². The van der Waals surface area contributed by atoms with E-state index < -0.39 is 11.9 Å². The van der Waals surface area contributed by atoms with Crippen LogP contribution in [0, 0.1) is 35.4 Å². The van der Waals surface area contributed by atoms with Gasteiger partial charge in [-0.2, -0.15) is 20.7 Å². The monoisotopic (exact) mass is 543 g/mol. The van der Waals surface area contributed by atoms with E-state index in [-0.39, 0.29) is 23.7 Å². The Balaban J connectivity index is 1.46. The topological polar surface area (TPSA) is 135 Å². The predicted molar refractivity (Wildman–Crippen MR) is 142 cm³/mol. The Bertz CT molecular complexity index is 1640. The fourth-order valence-corrected chi connectivity index (χ4v) is 6.02. The Labute approximate surface area is 229 Å². The Morgan fingerprint density at radius 1 is 1.13 bits per heavy atom. The lowest BCUT2D eigenvalue weighted by molar-refractivity contribution is -0.152. The van der Waals surface area contributed by atoms with Gasteiger partial charge in [0, 0.05) is 32.8 Å². The Kier molecular flexibility index (Phi) is 7.38. The number of nitrogens with two attached hydrogens (primary N) is 1. The van der Waals surface area contributed by atoms with Crippen LogP contribution in [-0.2, 0) is 9.53 Å². The number of halogens is 1. The molecule has 198 valence electrons. The molecular formula is C28H26FN7O2S. The first kappa shape index (κ1) is 26.4. The molecule has 3 aromatic heterocycles. The van der Waals surface area contributed by atoms with Crippen molar-refractivity contribution in [1.29, 1.82) is 10.5 Å². The third-order valence-electron chi connectivity index (χ3n) is 6.98. The molecule has 3 heterocycles.